The highest BCUT2D eigenvalue weighted by Gasteiger charge is 2.36. The molecule has 2 aromatic heterocycles. The minimum absolute atomic E-state index is 0.0586. The van der Waals surface area contributed by atoms with E-state index >= 15 is 8.42 Å². The van der Waals surface area contributed by atoms with Crippen LogP contribution in [0.15, 0.2) is 108 Å². The maximum atomic E-state index is 16.1. The topological polar surface area (TPSA) is 160 Å². The second-order valence-electron chi connectivity index (χ2n) is 16.8. The Balaban J connectivity index is 1.36. The van der Waals surface area contributed by atoms with E-state index < -0.39 is 21.7 Å². The van der Waals surface area contributed by atoms with Crippen LogP contribution in [-0.2, 0) is 40.8 Å². The van der Waals surface area contributed by atoms with Crippen molar-refractivity contribution in [3.8, 4) is 39.8 Å². The maximum absolute atomic E-state index is 16.1. The number of nitrogens with zero attached hydrogens (tertiary/aromatic N) is 6. The first-order chi connectivity index (χ1) is 30.8. The molecule has 0 spiro atoms. The largest absolute Gasteiger partial charge is 0.497 e. The van der Waals surface area contributed by atoms with Crippen LogP contribution in [0.1, 0.15) is 62.3 Å². The number of para-hydroxylation sites is 1. The quantitative estimate of drug-likeness (QED) is 0.0984. The number of ether oxygens (including phenoxy) is 4. The molecule has 0 saturated heterocycles. The molecule has 0 unspecified atom stereocenters. The molecule has 0 aliphatic heterocycles. The van der Waals surface area contributed by atoms with Gasteiger partial charge in [0.1, 0.15) is 22.8 Å². The Hall–Kier alpha value is -6.36. The zero-order valence-electron chi connectivity index (χ0n) is 36.7. The number of carbonyl (C=O) groups is 1. The van der Waals surface area contributed by atoms with Gasteiger partial charge < -0.3 is 18.9 Å². The molecule has 0 atom stereocenters. The monoisotopic (exact) mass is 901 g/mol. The van der Waals surface area contributed by atoms with Crippen molar-refractivity contribution in [2.45, 2.75) is 76.6 Å². The summed E-state index contributed by atoms with van der Waals surface area (Å²) in [7, 11) is 0.404. The number of benzene rings is 5. The predicted octanol–water partition coefficient (Wildman–Crippen LogP) is 9.77. The van der Waals surface area contributed by atoms with Gasteiger partial charge in [-0.3, -0.25) is 5.32 Å². The highest BCUT2D eigenvalue weighted by Crippen LogP contribution is 2.45. The number of thiazole rings is 1. The van der Waals surface area contributed by atoms with Crippen molar-refractivity contribution in [3.63, 3.8) is 0 Å². The van der Waals surface area contributed by atoms with Crippen molar-refractivity contribution in [1.82, 2.24) is 29.5 Å². The number of amides is 1. The van der Waals surface area contributed by atoms with Crippen molar-refractivity contribution >= 4 is 42.8 Å². The number of carbonyl (C=O) groups excluding carboxylic acids is 1. The number of aromatic nitrogens is 5. The Kier molecular flexibility index (Phi) is 13.0. The molecule has 1 saturated carbocycles. The Labute approximate surface area is 377 Å². The molecule has 16 heteroatoms. The molecule has 14 nitrogen and oxygen atoms in total. The smallest absolute Gasteiger partial charge is 0.413 e. The fourth-order valence-corrected chi connectivity index (χ4v) is 10.5. The summed E-state index contributed by atoms with van der Waals surface area (Å²) in [5, 5.41) is 16.4. The summed E-state index contributed by atoms with van der Waals surface area (Å²) < 4.78 is 58.1. The van der Waals surface area contributed by atoms with Crippen LogP contribution < -0.4 is 19.5 Å². The lowest BCUT2D eigenvalue weighted by atomic mass is 9.80. The summed E-state index contributed by atoms with van der Waals surface area (Å²) in [6.07, 6.45) is 3.00. The molecule has 7 aromatic rings. The van der Waals surface area contributed by atoms with Gasteiger partial charge >= 0.3 is 6.09 Å². The first kappa shape index (κ1) is 44.3. The fraction of sp³-hybridized carbons (Fsp3) is 0.312. The summed E-state index contributed by atoms with van der Waals surface area (Å²) in [4.78, 5) is 17.9. The van der Waals surface area contributed by atoms with Gasteiger partial charge in [0.15, 0.2) is 11.0 Å². The van der Waals surface area contributed by atoms with Crippen LogP contribution in [0.2, 0.25) is 0 Å². The average Bonchev–Trinajstić information content (AvgIpc) is 3.91. The van der Waals surface area contributed by atoms with E-state index in [2.05, 4.69) is 20.8 Å². The van der Waals surface area contributed by atoms with Gasteiger partial charge in [-0.15, -0.1) is 5.10 Å². The zero-order valence-corrected chi connectivity index (χ0v) is 38.3. The molecule has 1 amide bonds. The highest BCUT2D eigenvalue weighted by molar-refractivity contribution is 7.89. The summed E-state index contributed by atoms with van der Waals surface area (Å²) in [5.74, 6) is 2.60. The molecular weight excluding hydrogens is 851 g/mol. The van der Waals surface area contributed by atoms with Gasteiger partial charge in [0.25, 0.3) is 0 Å². The van der Waals surface area contributed by atoms with Crippen LogP contribution in [-0.4, -0.2) is 70.9 Å². The van der Waals surface area contributed by atoms with Crippen LogP contribution in [0.3, 0.4) is 0 Å². The summed E-state index contributed by atoms with van der Waals surface area (Å²) in [5.41, 5.74) is 4.52. The minimum atomic E-state index is -4.40. The SMILES string of the molecule is COc1ccc(CN(Cc2ccc(OC)cc2)S(=O)(=O)c2c(CC3CCC3)ccc(-c3cccc4sc(NC(=O)OC(C)(C)C)nc34)c2-c2nnnn2Cc2ccc(OC)cc2)cc1. The van der Waals surface area contributed by atoms with Crippen molar-refractivity contribution in [2.24, 2.45) is 5.92 Å². The lowest BCUT2D eigenvalue weighted by molar-refractivity contribution is 0.0636. The highest BCUT2D eigenvalue weighted by atomic mass is 32.2. The molecule has 1 aliphatic rings. The minimum Gasteiger partial charge on any atom is -0.497 e. The first-order valence-corrected chi connectivity index (χ1v) is 23.3. The molecule has 332 valence electrons. The van der Waals surface area contributed by atoms with Gasteiger partial charge in [0.05, 0.1) is 43.0 Å². The first-order valence-electron chi connectivity index (χ1n) is 21.0. The molecule has 64 heavy (non-hydrogen) atoms. The Morgan fingerprint density at radius 1 is 0.797 bits per heavy atom. The van der Waals surface area contributed by atoms with Crippen LogP contribution in [0, 0.1) is 5.92 Å². The molecule has 5 aromatic carbocycles. The van der Waals surface area contributed by atoms with Crippen molar-refractivity contribution in [2.75, 3.05) is 26.6 Å². The number of methoxy groups -OCH3 is 3. The molecule has 1 N–H and O–H groups in total. The van der Waals surface area contributed by atoms with Crippen LogP contribution in [0.25, 0.3) is 32.7 Å². The summed E-state index contributed by atoms with van der Waals surface area (Å²) in [6, 6.07) is 32.0. The van der Waals surface area contributed by atoms with Gasteiger partial charge in [-0.2, -0.15) is 4.31 Å². The van der Waals surface area contributed by atoms with E-state index in [4.69, 9.17) is 23.9 Å². The standard InChI is InChI=1S/C48H51N7O7S2/c1-48(2,3)62-47(56)50-46-49-43-40(11-8-12-41(43)63-46)39-26-19-35(27-31-9-7-10-31)44(42(39)45-51-52-53-55(45)30-34-17-24-38(61-6)25-18-34)64(57,58)54(28-32-13-20-36(59-4)21-14-32)29-33-15-22-37(60-5)23-16-33/h8,11-26,31H,7,9-10,27-30H2,1-6H3,(H,49,50,56). The predicted molar refractivity (Wildman–Crippen MR) is 247 cm³/mol. The molecule has 2 heterocycles. The van der Waals surface area contributed by atoms with E-state index in [-0.39, 0.29) is 30.4 Å². The van der Waals surface area contributed by atoms with Crippen molar-refractivity contribution in [1.29, 1.82) is 0 Å². The van der Waals surface area contributed by atoms with Crippen LogP contribution in [0.4, 0.5) is 9.93 Å². The number of tetrazole rings is 1. The third-order valence-corrected chi connectivity index (χ3v) is 14.0. The van der Waals surface area contributed by atoms with E-state index in [1.807, 2.05) is 103 Å². The van der Waals surface area contributed by atoms with E-state index in [0.717, 1.165) is 40.7 Å². The van der Waals surface area contributed by atoms with E-state index in [9.17, 15) is 4.79 Å². The lowest BCUT2D eigenvalue weighted by Crippen LogP contribution is -2.32. The number of sulfonamides is 1. The number of anilines is 1. The summed E-state index contributed by atoms with van der Waals surface area (Å²) in [6.45, 7) is 5.74. The van der Waals surface area contributed by atoms with Gasteiger partial charge in [-0.1, -0.05) is 91.3 Å². The normalized spacial score (nSPS) is 13.2. The maximum Gasteiger partial charge on any atom is 0.413 e. The molecular formula is C48H51N7O7S2. The Morgan fingerprint density at radius 2 is 1.39 bits per heavy atom. The Morgan fingerprint density at radius 3 is 1.94 bits per heavy atom. The van der Waals surface area contributed by atoms with Crippen molar-refractivity contribution < 1.29 is 32.2 Å². The van der Waals surface area contributed by atoms with E-state index in [1.54, 1.807) is 46.8 Å². The molecule has 0 bridgehead atoms. The van der Waals surface area contributed by atoms with Gasteiger partial charge in [0.2, 0.25) is 10.0 Å². The molecule has 8 rings (SSSR count). The summed E-state index contributed by atoms with van der Waals surface area (Å²) >= 11 is 1.29. The van der Waals surface area contributed by atoms with E-state index in [1.165, 1.54) is 15.6 Å². The second kappa shape index (κ2) is 18.8. The number of rotatable bonds is 16. The van der Waals surface area contributed by atoms with Crippen LogP contribution in [0.5, 0.6) is 17.2 Å². The van der Waals surface area contributed by atoms with Gasteiger partial charge in [-0.25, -0.2) is 22.9 Å². The van der Waals surface area contributed by atoms with Crippen LogP contribution >= 0.6 is 11.3 Å². The second-order valence-corrected chi connectivity index (χ2v) is 19.7. The Bertz CT molecular complexity index is 2800. The molecule has 1 fully saturated rings. The van der Waals surface area contributed by atoms with E-state index in [0.29, 0.717) is 62.5 Å². The number of fused-ring (bicyclic) bond motifs is 1. The number of hydrogen-bond acceptors (Lipinski definition) is 12. The van der Waals surface area contributed by atoms with Gasteiger partial charge in [0, 0.05) is 24.2 Å². The number of nitrogens with one attached hydrogen (secondary N) is 1. The zero-order chi connectivity index (χ0) is 45.0. The fourth-order valence-electron chi connectivity index (χ4n) is 7.76. The number of hydrogen-bond donors (Lipinski definition) is 1. The average molecular weight is 902 g/mol. The molecule has 0 radical (unpaired) electrons. The molecule has 1 aliphatic carbocycles. The third kappa shape index (κ3) is 9.88. The van der Waals surface area contributed by atoms with Crippen molar-refractivity contribution in [3.05, 3.63) is 125 Å². The van der Waals surface area contributed by atoms with Gasteiger partial charge in [-0.05, 0) is 114 Å². The third-order valence-electron chi connectivity index (χ3n) is 11.2. The lowest BCUT2D eigenvalue weighted by Gasteiger charge is -2.30.